The molecule has 1 fully saturated rings. The van der Waals surface area contributed by atoms with E-state index < -0.39 is 0 Å². The van der Waals surface area contributed by atoms with E-state index in [1.165, 1.54) is 19.3 Å². The lowest BCUT2D eigenvalue weighted by Gasteiger charge is -2.24. The summed E-state index contributed by atoms with van der Waals surface area (Å²) < 4.78 is 0. The number of amides is 1. The van der Waals surface area contributed by atoms with E-state index in [9.17, 15) is 4.79 Å². The highest BCUT2D eigenvalue weighted by atomic mass is 35.5. The lowest BCUT2D eigenvalue weighted by molar-refractivity contribution is -0.115. The molecular formula is C15H22ClN3O. The fraction of sp³-hybridized carbons (Fsp3) is 0.533. The molecule has 0 aliphatic carbocycles. The maximum absolute atomic E-state index is 11.4. The number of carbonyl (C=O) groups excluding carboxylic acids is 1. The average Bonchev–Trinajstić information content (AvgIpc) is 2.48. The van der Waals surface area contributed by atoms with Crippen LogP contribution >= 0.6 is 11.6 Å². The van der Waals surface area contributed by atoms with Gasteiger partial charge in [-0.3, -0.25) is 4.79 Å². The smallest absolute Gasteiger partial charge is 0.224 e. The lowest BCUT2D eigenvalue weighted by Crippen LogP contribution is -2.39. The highest BCUT2D eigenvalue weighted by molar-refractivity contribution is 6.33. The van der Waals surface area contributed by atoms with Gasteiger partial charge in [0.2, 0.25) is 5.91 Å². The van der Waals surface area contributed by atoms with Crippen molar-refractivity contribution in [2.45, 2.75) is 38.6 Å². The summed E-state index contributed by atoms with van der Waals surface area (Å²) in [6.45, 7) is 3.77. The first-order valence-electron chi connectivity index (χ1n) is 7.25. The van der Waals surface area contributed by atoms with E-state index in [1.807, 2.05) is 25.1 Å². The second-order valence-electron chi connectivity index (χ2n) is 5.12. The zero-order valence-corrected chi connectivity index (χ0v) is 12.6. The van der Waals surface area contributed by atoms with E-state index in [4.69, 9.17) is 11.6 Å². The minimum atomic E-state index is 0.00668. The van der Waals surface area contributed by atoms with Gasteiger partial charge in [0.15, 0.2) is 0 Å². The van der Waals surface area contributed by atoms with Crippen molar-refractivity contribution >= 4 is 28.9 Å². The number of rotatable bonds is 5. The van der Waals surface area contributed by atoms with Crippen molar-refractivity contribution in [3.8, 4) is 0 Å². The van der Waals surface area contributed by atoms with E-state index in [0.717, 1.165) is 24.5 Å². The molecule has 1 unspecified atom stereocenters. The second kappa shape index (κ2) is 7.50. The molecule has 0 bridgehead atoms. The van der Waals surface area contributed by atoms with E-state index >= 15 is 0 Å². The SMILES string of the molecule is CCC(=O)Nc1ccc(Cl)c(NCC2CCCCN2)c1. The molecule has 1 amide bonds. The van der Waals surface area contributed by atoms with Gasteiger partial charge in [0.25, 0.3) is 0 Å². The highest BCUT2D eigenvalue weighted by Crippen LogP contribution is 2.26. The minimum absolute atomic E-state index is 0.00668. The van der Waals surface area contributed by atoms with Crippen molar-refractivity contribution in [3.05, 3.63) is 23.2 Å². The second-order valence-corrected chi connectivity index (χ2v) is 5.53. The molecular weight excluding hydrogens is 274 g/mol. The third-order valence-corrected chi connectivity index (χ3v) is 3.85. The van der Waals surface area contributed by atoms with Crippen molar-refractivity contribution < 1.29 is 4.79 Å². The van der Waals surface area contributed by atoms with Gasteiger partial charge in [0.05, 0.1) is 10.7 Å². The van der Waals surface area contributed by atoms with Gasteiger partial charge in [-0.1, -0.05) is 24.9 Å². The zero-order chi connectivity index (χ0) is 14.4. The molecule has 1 aliphatic rings. The van der Waals surface area contributed by atoms with Gasteiger partial charge in [-0.25, -0.2) is 0 Å². The van der Waals surface area contributed by atoms with Crippen LogP contribution in [-0.2, 0) is 4.79 Å². The molecule has 1 atom stereocenters. The maximum Gasteiger partial charge on any atom is 0.224 e. The zero-order valence-electron chi connectivity index (χ0n) is 11.8. The van der Waals surface area contributed by atoms with Gasteiger partial charge in [0.1, 0.15) is 0 Å². The Labute approximate surface area is 125 Å². The molecule has 1 heterocycles. The number of hydrogen-bond donors (Lipinski definition) is 3. The number of nitrogens with one attached hydrogen (secondary N) is 3. The molecule has 1 aromatic rings. The summed E-state index contributed by atoms with van der Waals surface area (Å²) in [6.07, 6.45) is 4.20. The topological polar surface area (TPSA) is 53.2 Å². The van der Waals surface area contributed by atoms with Gasteiger partial charge in [0, 0.05) is 24.7 Å². The number of benzene rings is 1. The molecule has 1 aromatic carbocycles. The Morgan fingerprint density at radius 1 is 1.45 bits per heavy atom. The summed E-state index contributed by atoms with van der Waals surface area (Å²) in [5.41, 5.74) is 1.65. The van der Waals surface area contributed by atoms with Crippen molar-refractivity contribution in [2.75, 3.05) is 23.7 Å². The number of anilines is 2. The average molecular weight is 296 g/mol. The van der Waals surface area contributed by atoms with Crippen LogP contribution in [0, 0.1) is 0 Å². The normalized spacial score (nSPS) is 18.6. The minimum Gasteiger partial charge on any atom is -0.382 e. The molecule has 0 spiro atoms. The summed E-state index contributed by atoms with van der Waals surface area (Å²) in [5, 5.41) is 10.4. The summed E-state index contributed by atoms with van der Waals surface area (Å²) in [7, 11) is 0. The molecule has 20 heavy (non-hydrogen) atoms. The summed E-state index contributed by atoms with van der Waals surface area (Å²) >= 11 is 6.19. The third kappa shape index (κ3) is 4.39. The predicted octanol–water partition coefficient (Wildman–Crippen LogP) is 3.24. The fourth-order valence-corrected chi connectivity index (χ4v) is 2.50. The number of piperidine rings is 1. The molecule has 110 valence electrons. The van der Waals surface area contributed by atoms with E-state index in [-0.39, 0.29) is 5.91 Å². The quantitative estimate of drug-likeness (QED) is 0.781. The molecule has 1 saturated heterocycles. The Morgan fingerprint density at radius 3 is 3.00 bits per heavy atom. The molecule has 1 aliphatic heterocycles. The van der Waals surface area contributed by atoms with Gasteiger partial charge in [-0.2, -0.15) is 0 Å². The van der Waals surface area contributed by atoms with Crippen LogP contribution in [0.25, 0.3) is 0 Å². The summed E-state index contributed by atoms with van der Waals surface area (Å²) in [4.78, 5) is 11.4. The Morgan fingerprint density at radius 2 is 2.30 bits per heavy atom. The standard InChI is InChI=1S/C15H22ClN3O/c1-2-15(20)19-11-6-7-13(16)14(9-11)18-10-12-5-3-4-8-17-12/h6-7,9,12,17-18H,2-5,8,10H2,1H3,(H,19,20). The first-order chi connectivity index (χ1) is 9.69. The van der Waals surface area contributed by atoms with Crippen LogP contribution in [-0.4, -0.2) is 25.0 Å². The van der Waals surface area contributed by atoms with Crippen LogP contribution in [0.15, 0.2) is 18.2 Å². The Kier molecular flexibility index (Phi) is 5.68. The molecule has 0 aromatic heterocycles. The summed E-state index contributed by atoms with van der Waals surface area (Å²) in [6, 6.07) is 6.01. The molecule has 5 heteroatoms. The Hall–Kier alpha value is -1.26. The Balaban J connectivity index is 1.95. The summed E-state index contributed by atoms with van der Waals surface area (Å²) in [5.74, 6) is 0.00668. The van der Waals surface area contributed by atoms with Crippen LogP contribution in [0.4, 0.5) is 11.4 Å². The number of carbonyl (C=O) groups is 1. The molecule has 0 radical (unpaired) electrons. The van der Waals surface area contributed by atoms with Crippen LogP contribution in [0.5, 0.6) is 0 Å². The fourth-order valence-electron chi connectivity index (χ4n) is 2.32. The van der Waals surface area contributed by atoms with Gasteiger partial charge >= 0.3 is 0 Å². The third-order valence-electron chi connectivity index (χ3n) is 3.52. The van der Waals surface area contributed by atoms with Crippen molar-refractivity contribution in [2.24, 2.45) is 0 Å². The lowest BCUT2D eigenvalue weighted by atomic mass is 10.1. The molecule has 2 rings (SSSR count). The number of hydrogen-bond acceptors (Lipinski definition) is 3. The molecule has 0 saturated carbocycles. The largest absolute Gasteiger partial charge is 0.382 e. The van der Waals surface area contributed by atoms with E-state index in [2.05, 4.69) is 16.0 Å². The Bertz CT molecular complexity index is 458. The number of halogens is 1. The molecule has 3 N–H and O–H groups in total. The van der Waals surface area contributed by atoms with Gasteiger partial charge < -0.3 is 16.0 Å². The maximum atomic E-state index is 11.4. The van der Waals surface area contributed by atoms with E-state index in [0.29, 0.717) is 17.5 Å². The first-order valence-corrected chi connectivity index (χ1v) is 7.63. The van der Waals surface area contributed by atoms with Crippen LogP contribution in [0.2, 0.25) is 5.02 Å². The van der Waals surface area contributed by atoms with Gasteiger partial charge in [-0.05, 0) is 37.6 Å². The predicted molar refractivity (Wildman–Crippen MR) is 84.5 cm³/mol. The highest BCUT2D eigenvalue weighted by Gasteiger charge is 2.12. The van der Waals surface area contributed by atoms with Crippen molar-refractivity contribution in [1.29, 1.82) is 0 Å². The van der Waals surface area contributed by atoms with E-state index in [1.54, 1.807) is 0 Å². The van der Waals surface area contributed by atoms with Crippen molar-refractivity contribution in [3.63, 3.8) is 0 Å². The van der Waals surface area contributed by atoms with Crippen molar-refractivity contribution in [1.82, 2.24) is 5.32 Å². The van der Waals surface area contributed by atoms with Crippen LogP contribution < -0.4 is 16.0 Å². The first kappa shape index (κ1) is 15.1. The van der Waals surface area contributed by atoms with Crippen LogP contribution in [0.3, 0.4) is 0 Å². The van der Waals surface area contributed by atoms with Gasteiger partial charge in [-0.15, -0.1) is 0 Å². The monoisotopic (exact) mass is 295 g/mol. The van der Waals surface area contributed by atoms with Crippen LogP contribution in [0.1, 0.15) is 32.6 Å². The molecule has 4 nitrogen and oxygen atoms in total.